The van der Waals surface area contributed by atoms with E-state index in [1.54, 1.807) is 0 Å². The van der Waals surface area contributed by atoms with Gasteiger partial charge in [-0.2, -0.15) is 0 Å². The molecular weight excluding hydrogens is 218 g/mol. The van der Waals surface area contributed by atoms with Crippen molar-refractivity contribution in [1.29, 1.82) is 0 Å². The van der Waals surface area contributed by atoms with Gasteiger partial charge in [-0.05, 0) is 13.0 Å². The summed E-state index contributed by atoms with van der Waals surface area (Å²) in [6.45, 7) is 1.07. The Morgan fingerprint density at radius 1 is 1.31 bits per heavy atom. The van der Waals surface area contributed by atoms with Crippen molar-refractivity contribution < 1.29 is 29.3 Å². The highest BCUT2D eigenvalue weighted by atomic mass is 16.6. The van der Waals surface area contributed by atoms with Crippen LogP contribution in [0.25, 0.3) is 0 Å². The molecule has 0 aliphatic carbocycles. The van der Waals surface area contributed by atoms with Crippen LogP contribution in [0.3, 0.4) is 0 Å². The molecule has 1 fully saturated rings. The summed E-state index contributed by atoms with van der Waals surface area (Å²) in [6.07, 6.45) is 0.904. The van der Waals surface area contributed by atoms with Crippen molar-refractivity contribution in [2.75, 3.05) is 13.1 Å². The van der Waals surface area contributed by atoms with Gasteiger partial charge in [0.2, 0.25) is 5.76 Å². The topological polar surface area (TPSA) is 113 Å². The molecule has 0 aromatic rings. The molecule has 16 heavy (non-hydrogen) atoms. The molecule has 0 aromatic carbocycles. The van der Waals surface area contributed by atoms with E-state index in [9.17, 15) is 14.4 Å². The number of rotatable bonds is 4. The predicted octanol–water partition coefficient (Wildman–Crippen LogP) is -0.808. The molecule has 3 N–H and O–H groups in total. The summed E-state index contributed by atoms with van der Waals surface area (Å²) in [5.74, 6) is -5.07. The summed E-state index contributed by atoms with van der Waals surface area (Å²) in [4.78, 5) is 32.2. The van der Waals surface area contributed by atoms with Gasteiger partial charge < -0.3 is 20.3 Å². The molecule has 0 saturated carbocycles. The number of hydrogen-bond donors (Lipinski definition) is 3. The fraction of sp³-hybridized carbons (Fsp3) is 0.444. The van der Waals surface area contributed by atoms with E-state index in [1.165, 1.54) is 0 Å². The number of hydrogen-bond acceptors (Lipinski definition) is 5. The van der Waals surface area contributed by atoms with Crippen LogP contribution in [-0.4, -0.2) is 41.2 Å². The molecule has 0 bridgehead atoms. The Morgan fingerprint density at radius 2 is 2.00 bits per heavy atom. The average Bonchev–Trinajstić information content (AvgIpc) is 2.68. The second kappa shape index (κ2) is 5.26. The highest BCUT2D eigenvalue weighted by molar-refractivity contribution is 5.95. The number of carboxylic acid groups (broad SMARTS) is 2. The highest BCUT2D eigenvalue weighted by Gasteiger charge is 2.26. The molecule has 7 heteroatoms. The third-order valence-electron chi connectivity index (χ3n) is 2.07. The first-order valence-corrected chi connectivity index (χ1v) is 4.61. The van der Waals surface area contributed by atoms with E-state index in [2.05, 4.69) is 10.1 Å². The van der Waals surface area contributed by atoms with Crippen LogP contribution >= 0.6 is 0 Å². The Labute approximate surface area is 90.7 Å². The Kier molecular flexibility index (Phi) is 4.01. The van der Waals surface area contributed by atoms with Gasteiger partial charge in [0.25, 0.3) is 0 Å². The SMILES string of the molecule is O=C(O)/C=C(\OC(=O)[C@@H]1CCNC1)C(=O)O. The first-order valence-electron chi connectivity index (χ1n) is 4.61. The van der Waals surface area contributed by atoms with E-state index in [0.717, 1.165) is 0 Å². The summed E-state index contributed by atoms with van der Waals surface area (Å²) in [5.41, 5.74) is 0. The Balaban J connectivity index is 2.64. The first-order chi connectivity index (χ1) is 7.50. The van der Waals surface area contributed by atoms with Crippen LogP contribution in [0.4, 0.5) is 0 Å². The van der Waals surface area contributed by atoms with Gasteiger partial charge in [-0.3, -0.25) is 4.79 Å². The van der Waals surface area contributed by atoms with Crippen LogP contribution in [0.5, 0.6) is 0 Å². The van der Waals surface area contributed by atoms with Crippen molar-refractivity contribution >= 4 is 17.9 Å². The molecule has 0 amide bonds. The van der Waals surface area contributed by atoms with Gasteiger partial charge in [-0.25, -0.2) is 9.59 Å². The fourth-order valence-corrected chi connectivity index (χ4v) is 1.29. The largest absolute Gasteiger partial charge is 0.478 e. The molecule has 1 heterocycles. The zero-order valence-corrected chi connectivity index (χ0v) is 8.30. The maximum Gasteiger partial charge on any atom is 0.372 e. The molecule has 1 atom stereocenters. The van der Waals surface area contributed by atoms with Crippen molar-refractivity contribution in [2.45, 2.75) is 6.42 Å². The van der Waals surface area contributed by atoms with E-state index < -0.39 is 29.6 Å². The number of esters is 1. The lowest BCUT2D eigenvalue weighted by molar-refractivity contribution is -0.151. The minimum Gasteiger partial charge on any atom is -0.478 e. The van der Waals surface area contributed by atoms with Crippen LogP contribution in [0, 0.1) is 5.92 Å². The fourth-order valence-electron chi connectivity index (χ4n) is 1.29. The number of nitrogens with one attached hydrogen (secondary N) is 1. The van der Waals surface area contributed by atoms with Crippen LogP contribution in [0.15, 0.2) is 11.8 Å². The summed E-state index contributed by atoms with van der Waals surface area (Å²) >= 11 is 0. The third kappa shape index (κ3) is 3.35. The molecule has 1 aliphatic rings. The molecule has 1 rings (SSSR count). The lowest BCUT2D eigenvalue weighted by Crippen LogP contribution is -2.22. The van der Waals surface area contributed by atoms with Crippen molar-refractivity contribution in [3.8, 4) is 0 Å². The van der Waals surface area contributed by atoms with Gasteiger partial charge in [0.05, 0.1) is 12.0 Å². The Bertz CT molecular complexity index is 342. The Morgan fingerprint density at radius 3 is 2.44 bits per heavy atom. The van der Waals surface area contributed by atoms with Crippen LogP contribution in [0.2, 0.25) is 0 Å². The second-order valence-corrected chi connectivity index (χ2v) is 3.26. The molecule has 0 aromatic heterocycles. The molecule has 1 aliphatic heterocycles. The summed E-state index contributed by atoms with van der Waals surface area (Å²) in [7, 11) is 0. The van der Waals surface area contributed by atoms with Crippen molar-refractivity contribution in [3.05, 3.63) is 11.8 Å². The van der Waals surface area contributed by atoms with Crippen LogP contribution in [0.1, 0.15) is 6.42 Å². The summed E-state index contributed by atoms with van der Waals surface area (Å²) < 4.78 is 4.51. The van der Waals surface area contributed by atoms with E-state index in [1.807, 2.05) is 0 Å². The number of carbonyl (C=O) groups is 3. The van der Waals surface area contributed by atoms with Crippen molar-refractivity contribution in [3.63, 3.8) is 0 Å². The van der Waals surface area contributed by atoms with E-state index in [4.69, 9.17) is 10.2 Å². The van der Waals surface area contributed by atoms with Gasteiger partial charge in [-0.15, -0.1) is 0 Å². The van der Waals surface area contributed by atoms with Gasteiger partial charge in [0.15, 0.2) is 0 Å². The van der Waals surface area contributed by atoms with Crippen molar-refractivity contribution in [2.24, 2.45) is 5.92 Å². The zero-order chi connectivity index (χ0) is 12.1. The summed E-state index contributed by atoms with van der Waals surface area (Å²) in [6, 6.07) is 0. The molecule has 88 valence electrons. The molecule has 7 nitrogen and oxygen atoms in total. The van der Waals surface area contributed by atoms with Gasteiger partial charge in [-0.1, -0.05) is 0 Å². The third-order valence-corrected chi connectivity index (χ3v) is 2.07. The van der Waals surface area contributed by atoms with E-state index in [-0.39, 0.29) is 0 Å². The highest BCUT2D eigenvalue weighted by Crippen LogP contribution is 2.12. The molecule has 0 spiro atoms. The second-order valence-electron chi connectivity index (χ2n) is 3.26. The number of ether oxygens (including phenoxy) is 1. The molecular formula is C9H11NO6. The average molecular weight is 229 g/mol. The van der Waals surface area contributed by atoms with Crippen molar-refractivity contribution in [1.82, 2.24) is 5.32 Å². The van der Waals surface area contributed by atoms with Gasteiger partial charge in [0, 0.05) is 6.54 Å². The quantitative estimate of drug-likeness (QED) is 0.328. The molecule has 0 unspecified atom stereocenters. The maximum absolute atomic E-state index is 11.4. The van der Waals surface area contributed by atoms with Gasteiger partial charge in [0.1, 0.15) is 0 Å². The minimum absolute atomic E-state index is 0.350. The first kappa shape index (κ1) is 12.2. The monoisotopic (exact) mass is 229 g/mol. The smallest absolute Gasteiger partial charge is 0.372 e. The predicted molar refractivity (Wildman–Crippen MR) is 50.4 cm³/mol. The number of carboxylic acids is 2. The Hall–Kier alpha value is -1.89. The van der Waals surface area contributed by atoms with Crippen LogP contribution < -0.4 is 5.32 Å². The molecule has 0 radical (unpaired) electrons. The van der Waals surface area contributed by atoms with E-state index in [0.29, 0.717) is 25.6 Å². The molecule has 1 saturated heterocycles. The minimum atomic E-state index is -1.58. The van der Waals surface area contributed by atoms with Gasteiger partial charge >= 0.3 is 17.9 Å². The normalized spacial score (nSPS) is 20.5. The standard InChI is InChI=1S/C9H11NO6/c11-7(12)3-6(8(13)14)16-9(15)5-1-2-10-4-5/h3,5,10H,1-2,4H2,(H,11,12)(H,13,14)/b6-3-/t5-/m1/s1. The summed E-state index contributed by atoms with van der Waals surface area (Å²) in [5, 5.41) is 19.9. The van der Waals surface area contributed by atoms with Crippen LogP contribution in [-0.2, 0) is 19.1 Å². The maximum atomic E-state index is 11.4. The van der Waals surface area contributed by atoms with E-state index >= 15 is 0 Å². The zero-order valence-electron chi connectivity index (χ0n) is 8.30. The lowest BCUT2D eigenvalue weighted by Gasteiger charge is -2.08. The lowest BCUT2D eigenvalue weighted by atomic mass is 10.1. The number of aliphatic carboxylic acids is 2. The number of carbonyl (C=O) groups excluding carboxylic acids is 1.